The van der Waals surface area contributed by atoms with Crippen molar-refractivity contribution in [3.05, 3.63) is 29.3 Å². The van der Waals surface area contributed by atoms with E-state index in [9.17, 15) is 4.79 Å². The van der Waals surface area contributed by atoms with Crippen molar-refractivity contribution in [3.8, 4) is 5.75 Å². The van der Waals surface area contributed by atoms with Gasteiger partial charge in [0.1, 0.15) is 5.75 Å². The maximum atomic E-state index is 13.0. The Morgan fingerprint density at radius 3 is 2.52 bits per heavy atom. The van der Waals surface area contributed by atoms with Gasteiger partial charge in [0, 0.05) is 18.5 Å². The van der Waals surface area contributed by atoms with Crippen molar-refractivity contribution in [2.24, 2.45) is 5.92 Å². The highest BCUT2D eigenvalue weighted by Gasteiger charge is 2.38. The Bertz CT molecular complexity index is 585. The van der Waals surface area contributed by atoms with E-state index in [0.29, 0.717) is 24.4 Å². The van der Waals surface area contributed by atoms with Crippen molar-refractivity contribution in [3.63, 3.8) is 0 Å². The molecule has 2 aliphatic carbocycles. The van der Waals surface area contributed by atoms with Crippen LogP contribution in [0.5, 0.6) is 5.75 Å². The summed E-state index contributed by atoms with van der Waals surface area (Å²) in [5, 5.41) is 0. The molecule has 3 aliphatic rings. The summed E-state index contributed by atoms with van der Waals surface area (Å²) in [4.78, 5) is 15.2. The number of hydrogen-bond acceptors (Lipinski definition) is 2. The van der Waals surface area contributed by atoms with Crippen LogP contribution in [0.3, 0.4) is 0 Å². The lowest BCUT2D eigenvalue weighted by molar-refractivity contribution is -0.134. The lowest BCUT2D eigenvalue weighted by atomic mass is 9.86. The lowest BCUT2D eigenvalue weighted by Gasteiger charge is -2.36. The second-order valence-electron chi connectivity index (χ2n) is 7.66. The molecule has 3 heteroatoms. The van der Waals surface area contributed by atoms with Crippen LogP contribution >= 0.6 is 0 Å². The minimum Gasteiger partial charge on any atom is -0.493 e. The van der Waals surface area contributed by atoms with Crippen LogP contribution in [-0.4, -0.2) is 29.5 Å². The van der Waals surface area contributed by atoms with Crippen LogP contribution in [0, 0.1) is 5.92 Å². The number of carbonyl (C=O) groups excluding carboxylic acids is 1. The molecule has 124 valence electrons. The minimum atomic E-state index is 0.339. The quantitative estimate of drug-likeness (QED) is 0.847. The largest absolute Gasteiger partial charge is 0.493 e. The summed E-state index contributed by atoms with van der Waals surface area (Å²) in [7, 11) is 0. The van der Waals surface area contributed by atoms with Gasteiger partial charge >= 0.3 is 0 Å². The van der Waals surface area contributed by atoms with Gasteiger partial charge in [0.05, 0.1) is 13.0 Å². The standard InChI is InChI=1S/C20H27NO2/c1-14-2-5-17(6-3-14)21(18-7-8-18)20(22)13-15-4-9-19-16(12-15)10-11-23-19/h4,9,12,14,17-18H,2-3,5-8,10-11,13H2,1H3. The van der Waals surface area contributed by atoms with Crippen molar-refractivity contribution >= 4 is 5.91 Å². The van der Waals surface area contributed by atoms with Gasteiger partial charge in [-0.1, -0.05) is 19.1 Å². The Morgan fingerprint density at radius 1 is 1.13 bits per heavy atom. The summed E-state index contributed by atoms with van der Waals surface area (Å²) < 4.78 is 5.56. The molecule has 3 nitrogen and oxygen atoms in total. The molecule has 0 radical (unpaired) electrons. The average Bonchev–Trinajstić information content (AvgIpc) is 3.26. The van der Waals surface area contributed by atoms with Gasteiger partial charge in [0.2, 0.25) is 5.91 Å². The Kier molecular flexibility index (Phi) is 4.04. The van der Waals surface area contributed by atoms with Crippen molar-refractivity contribution in [2.45, 2.75) is 70.4 Å². The lowest BCUT2D eigenvalue weighted by Crippen LogP contribution is -2.44. The SMILES string of the molecule is CC1CCC(N(C(=O)Cc2ccc3c(c2)CCO3)C2CC2)CC1. The first kappa shape index (κ1) is 15.0. The van der Waals surface area contributed by atoms with Crippen molar-refractivity contribution in [1.82, 2.24) is 4.90 Å². The van der Waals surface area contributed by atoms with Crippen LogP contribution < -0.4 is 4.74 Å². The van der Waals surface area contributed by atoms with E-state index in [1.54, 1.807) is 0 Å². The molecule has 1 aromatic rings. The average molecular weight is 313 g/mol. The van der Waals surface area contributed by atoms with Gasteiger partial charge < -0.3 is 9.64 Å². The van der Waals surface area contributed by atoms with Gasteiger partial charge in [-0.15, -0.1) is 0 Å². The second-order valence-corrected chi connectivity index (χ2v) is 7.66. The van der Waals surface area contributed by atoms with E-state index in [1.165, 1.54) is 44.1 Å². The molecule has 0 bridgehead atoms. The molecule has 0 atom stereocenters. The van der Waals surface area contributed by atoms with Crippen LogP contribution in [0.1, 0.15) is 56.6 Å². The fraction of sp³-hybridized carbons (Fsp3) is 0.650. The zero-order valence-corrected chi connectivity index (χ0v) is 14.1. The molecule has 0 unspecified atom stereocenters. The fourth-order valence-electron chi connectivity index (χ4n) is 4.19. The molecule has 2 saturated carbocycles. The van der Waals surface area contributed by atoms with Crippen LogP contribution in [-0.2, 0) is 17.6 Å². The highest BCUT2D eigenvalue weighted by Crippen LogP contribution is 2.36. The smallest absolute Gasteiger partial charge is 0.227 e. The van der Waals surface area contributed by atoms with E-state index < -0.39 is 0 Å². The molecular formula is C20H27NO2. The maximum absolute atomic E-state index is 13.0. The summed E-state index contributed by atoms with van der Waals surface area (Å²) in [6, 6.07) is 7.29. The van der Waals surface area contributed by atoms with E-state index in [-0.39, 0.29) is 0 Å². The number of ether oxygens (including phenoxy) is 1. The first-order valence-electron chi connectivity index (χ1n) is 9.26. The molecule has 0 aromatic heterocycles. The summed E-state index contributed by atoms with van der Waals surface area (Å²) in [6.07, 6.45) is 8.88. The molecule has 1 amide bonds. The molecular weight excluding hydrogens is 286 g/mol. The first-order chi connectivity index (χ1) is 11.2. The maximum Gasteiger partial charge on any atom is 0.227 e. The van der Waals surface area contributed by atoms with E-state index in [1.807, 2.05) is 6.07 Å². The Morgan fingerprint density at radius 2 is 1.83 bits per heavy atom. The molecule has 1 aliphatic heterocycles. The first-order valence-corrected chi connectivity index (χ1v) is 9.26. The van der Waals surface area contributed by atoms with E-state index in [4.69, 9.17) is 4.74 Å². The monoisotopic (exact) mass is 313 g/mol. The number of hydrogen-bond donors (Lipinski definition) is 0. The van der Waals surface area contributed by atoms with Crippen LogP contribution in [0.25, 0.3) is 0 Å². The number of amides is 1. The van der Waals surface area contributed by atoms with Crippen molar-refractivity contribution < 1.29 is 9.53 Å². The number of nitrogens with zero attached hydrogens (tertiary/aromatic N) is 1. The minimum absolute atomic E-state index is 0.339. The van der Waals surface area contributed by atoms with Crippen LogP contribution in [0.4, 0.5) is 0 Å². The molecule has 0 N–H and O–H groups in total. The van der Waals surface area contributed by atoms with E-state index >= 15 is 0 Å². The zero-order valence-electron chi connectivity index (χ0n) is 14.1. The van der Waals surface area contributed by atoms with Gasteiger partial charge in [-0.25, -0.2) is 0 Å². The number of rotatable bonds is 4. The fourth-order valence-corrected chi connectivity index (χ4v) is 4.19. The highest BCUT2D eigenvalue weighted by molar-refractivity contribution is 5.80. The Hall–Kier alpha value is -1.51. The van der Waals surface area contributed by atoms with Crippen LogP contribution in [0.15, 0.2) is 18.2 Å². The number of carbonyl (C=O) groups is 1. The van der Waals surface area contributed by atoms with Gasteiger partial charge in [-0.3, -0.25) is 4.79 Å². The molecule has 2 fully saturated rings. The molecule has 0 spiro atoms. The molecule has 23 heavy (non-hydrogen) atoms. The number of fused-ring (bicyclic) bond motifs is 1. The predicted octanol–water partition coefficient (Wildman–Crippen LogP) is 3.73. The predicted molar refractivity (Wildman–Crippen MR) is 90.6 cm³/mol. The third-order valence-corrected chi connectivity index (χ3v) is 5.72. The van der Waals surface area contributed by atoms with E-state index in [2.05, 4.69) is 24.0 Å². The molecule has 0 saturated heterocycles. The Balaban J connectivity index is 1.45. The third kappa shape index (κ3) is 3.24. The highest BCUT2D eigenvalue weighted by atomic mass is 16.5. The molecule has 1 heterocycles. The molecule has 4 rings (SSSR count). The topological polar surface area (TPSA) is 29.5 Å². The van der Waals surface area contributed by atoms with Crippen LogP contribution in [0.2, 0.25) is 0 Å². The van der Waals surface area contributed by atoms with Crippen molar-refractivity contribution in [1.29, 1.82) is 0 Å². The van der Waals surface area contributed by atoms with Gasteiger partial charge in [-0.05, 0) is 61.6 Å². The summed E-state index contributed by atoms with van der Waals surface area (Å²) in [6.45, 7) is 3.12. The Labute approximate surface area is 139 Å². The summed E-state index contributed by atoms with van der Waals surface area (Å²) in [5.41, 5.74) is 2.41. The summed E-state index contributed by atoms with van der Waals surface area (Å²) >= 11 is 0. The molecule has 1 aromatic carbocycles. The third-order valence-electron chi connectivity index (χ3n) is 5.72. The van der Waals surface area contributed by atoms with Gasteiger partial charge in [-0.2, -0.15) is 0 Å². The second kappa shape index (κ2) is 6.18. The van der Waals surface area contributed by atoms with Crippen molar-refractivity contribution in [2.75, 3.05) is 6.61 Å². The summed E-state index contributed by atoms with van der Waals surface area (Å²) in [5.74, 6) is 2.17. The zero-order chi connectivity index (χ0) is 15.8. The normalized spacial score (nSPS) is 26.5. The van der Waals surface area contributed by atoms with Gasteiger partial charge in [0.25, 0.3) is 0 Å². The van der Waals surface area contributed by atoms with Gasteiger partial charge in [0.15, 0.2) is 0 Å². The van der Waals surface area contributed by atoms with E-state index in [0.717, 1.165) is 30.3 Å². The number of benzene rings is 1.